The van der Waals surface area contributed by atoms with Crippen molar-refractivity contribution in [2.45, 2.75) is 24.2 Å². The summed E-state index contributed by atoms with van der Waals surface area (Å²) in [4.78, 5) is 12.8. The third kappa shape index (κ3) is 4.17. The number of piperidine rings is 1. The first-order valence-electron chi connectivity index (χ1n) is 7.73. The van der Waals surface area contributed by atoms with Crippen LogP contribution in [0.2, 0.25) is 10.0 Å². The highest BCUT2D eigenvalue weighted by atomic mass is 35.5. The largest absolute Gasteiger partial charge is 0.321 e. The van der Waals surface area contributed by atoms with Crippen molar-refractivity contribution in [1.82, 2.24) is 4.31 Å². The van der Waals surface area contributed by atoms with Crippen LogP contribution >= 0.6 is 34.5 Å². The molecule has 0 atom stereocenters. The molecule has 1 N–H and O–H groups in total. The topological polar surface area (TPSA) is 66.5 Å². The summed E-state index contributed by atoms with van der Waals surface area (Å²) in [5.74, 6) is -0.496. The van der Waals surface area contributed by atoms with Crippen LogP contribution in [0.1, 0.15) is 28.9 Å². The normalized spacial score (nSPS) is 15.9. The van der Waals surface area contributed by atoms with Gasteiger partial charge < -0.3 is 5.32 Å². The Balaban J connectivity index is 1.86. The highest BCUT2D eigenvalue weighted by Gasteiger charge is 2.31. The highest BCUT2D eigenvalue weighted by molar-refractivity contribution is 7.89. The van der Waals surface area contributed by atoms with Crippen LogP contribution in [0.5, 0.6) is 0 Å². The van der Waals surface area contributed by atoms with E-state index in [9.17, 15) is 13.2 Å². The van der Waals surface area contributed by atoms with Gasteiger partial charge in [0.2, 0.25) is 10.0 Å². The summed E-state index contributed by atoms with van der Waals surface area (Å²) >= 11 is 12.9. The molecule has 3 rings (SSSR count). The number of rotatable bonds is 4. The van der Waals surface area contributed by atoms with E-state index in [1.165, 1.54) is 10.4 Å². The number of benzene rings is 1. The summed E-state index contributed by atoms with van der Waals surface area (Å²) in [6.45, 7) is 0.978. The SMILES string of the molecule is O=C(Nc1cc(Cl)cc(Cl)c1)c1sccc1S(=O)(=O)N1CCCCC1. The van der Waals surface area contributed by atoms with Crippen LogP contribution in [0.3, 0.4) is 0 Å². The highest BCUT2D eigenvalue weighted by Crippen LogP contribution is 2.29. The Morgan fingerprint density at radius 2 is 1.72 bits per heavy atom. The van der Waals surface area contributed by atoms with Gasteiger partial charge in [-0.05, 0) is 42.5 Å². The number of anilines is 1. The number of nitrogens with one attached hydrogen (secondary N) is 1. The molecule has 2 heterocycles. The third-order valence-electron chi connectivity index (χ3n) is 3.89. The minimum atomic E-state index is -3.67. The van der Waals surface area contributed by atoms with E-state index in [0.717, 1.165) is 30.6 Å². The molecule has 1 amide bonds. The lowest BCUT2D eigenvalue weighted by Gasteiger charge is -2.25. The molecular weight excluding hydrogens is 403 g/mol. The molecule has 0 aliphatic carbocycles. The van der Waals surface area contributed by atoms with E-state index in [-0.39, 0.29) is 9.77 Å². The van der Waals surface area contributed by atoms with Crippen molar-refractivity contribution in [1.29, 1.82) is 0 Å². The van der Waals surface area contributed by atoms with E-state index in [0.29, 0.717) is 28.8 Å². The molecule has 1 aliphatic rings. The lowest BCUT2D eigenvalue weighted by Crippen LogP contribution is -2.36. The third-order valence-corrected chi connectivity index (χ3v) is 7.31. The van der Waals surface area contributed by atoms with Crippen LogP contribution in [-0.2, 0) is 10.0 Å². The van der Waals surface area contributed by atoms with Gasteiger partial charge in [0.15, 0.2) is 0 Å². The van der Waals surface area contributed by atoms with Gasteiger partial charge in [-0.3, -0.25) is 4.79 Å². The molecule has 1 aromatic heterocycles. The molecule has 1 saturated heterocycles. The van der Waals surface area contributed by atoms with E-state index in [1.807, 2.05) is 0 Å². The van der Waals surface area contributed by atoms with Crippen molar-refractivity contribution < 1.29 is 13.2 Å². The average molecular weight is 419 g/mol. The maximum atomic E-state index is 12.8. The Bertz CT molecular complexity index is 870. The van der Waals surface area contributed by atoms with Crippen molar-refractivity contribution in [3.05, 3.63) is 44.6 Å². The summed E-state index contributed by atoms with van der Waals surface area (Å²) in [5.41, 5.74) is 0.414. The first-order chi connectivity index (χ1) is 11.9. The van der Waals surface area contributed by atoms with Crippen LogP contribution in [0.15, 0.2) is 34.5 Å². The zero-order valence-electron chi connectivity index (χ0n) is 13.2. The van der Waals surface area contributed by atoms with Gasteiger partial charge in [-0.2, -0.15) is 4.31 Å². The standard InChI is InChI=1S/C16H16Cl2N2O3S2/c17-11-8-12(18)10-13(9-11)19-16(21)15-14(4-7-24-15)25(22,23)20-5-2-1-3-6-20/h4,7-10H,1-3,5-6H2,(H,19,21). The van der Waals surface area contributed by atoms with Gasteiger partial charge in [0.25, 0.3) is 5.91 Å². The van der Waals surface area contributed by atoms with E-state index < -0.39 is 15.9 Å². The van der Waals surface area contributed by atoms with Crippen LogP contribution < -0.4 is 5.32 Å². The average Bonchev–Trinajstić information content (AvgIpc) is 3.05. The van der Waals surface area contributed by atoms with Gasteiger partial charge in [0, 0.05) is 28.8 Å². The Hall–Kier alpha value is -1.12. The predicted molar refractivity (Wildman–Crippen MR) is 101 cm³/mol. The fourth-order valence-corrected chi connectivity index (χ4v) is 6.06. The maximum absolute atomic E-state index is 12.8. The van der Waals surface area contributed by atoms with Crippen molar-refractivity contribution in [2.24, 2.45) is 0 Å². The molecule has 0 radical (unpaired) electrons. The number of halogens is 2. The maximum Gasteiger partial charge on any atom is 0.267 e. The van der Waals surface area contributed by atoms with Crippen LogP contribution in [0, 0.1) is 0 Å². The zero-order valence-corrected chi connectivity index (χ0v) is 16.3. The fourth-order valence-electron chi connectivity index (χ4n) is 2.72. The Labute approximate surface area is 160 Å². The number of hydrogen-bond donors (Lipinski definition) is 1. The molecule has 25 heavy (non-hydrogen) atoms. The molecule has 134 valence electrons. The second kappa shape index (κ2) is 7.63. The summed E-state index contributed by atoms with van der Waals surface area (Å²) in [6.07, 6.45) is 2.70. The first-order valence-corrected chi connectivity index (χ1v) is 10.8. The van der Waals surface area contributed by atoms with E-state index in [2.05, 4.69) is 5.32 Å². The lowest BCUT2D eigenvalue weighted by molar-refractivity contribution is 0.102. The molecule has 0 spiro atoms. The minimum absolute atomic E-state index is 0.0463. The van der Waals surface area contributed by atoms with Gasteiger partial charge in [-0.1, -0.05) is 29.6 Å². The van der Waals surface area contributed by atoms with Crippen molar-refractivity contribution in [3.8, 4) is 0 Å². The number of carbonyl (C=O) groups excluding carboxylic acids is 1. The molecule has 0 unspecified atom stereocenters. The quantitative estimate of drug-likeness (QED) is 0.795. The second-order valence-corrected chi connectivity index (χ2v) is 9.39. The summed E-state index contributed by atoms with van der Waals surface area (Å²) in [5, 5.41) is 5.04. The van der Waals surface area contributed by atoms with Gasteiger partial charge in [-0.15, -0.1) is 11.3 Å². The van der Waals surface area contributed by atoms with Crippen molar-refractivity contribution in [3.63, 3.8) is 0 Å². The Morgan fingerprint density at radius 1 is 1.08 bits per heavy atom. The molecular formula is C16H16Cl2N2O3S2. The van der Waals surface area contributed by atoms with E-state index in [4.69, 9.17) is 23.2 Å². The molecule has 0 saturated carbocycles. The summed E-state index contributed by atoms with van der Waals surface area (Å²) in [7, 11) is -3.67. The smallest absolute Gasteiger partial charge is 0.267 e. The van der Waals surface area contributed by atoms with Gasteiger partial charge in [0.05, 0.1) is 0 Å². The Kier molecular flexibility index (Phi) is 5.70. The summed E-state index contributed by atoms with van der Waals surface area (Å²) < 4.78 is 27.1. The monoisotopic (exact) mass is 418 g/mol. The number of thiophene rings is 1. The lowest BCUT2D eigenvalue weighted by atomic mass is 10.2. The number of amides is 1. The van der Waals surface area contributed by atoms with Crippen LogP contribution in [0.4, 0.5) is 5.69 Å². The van der Waals surface area contributed by atoms with Gasteiger partial charge >= 0.3 is 0 Å². The second-order valence-electron chi connectivity index (χ2n) is 5.69. The van der Waals surface area contributed by atoms with Crippen molar-refractivity contribution in [2.75, 3.05) is 18.4 Å². The molecule has 9 heteroatoms. The van der Waals surface area contributed by atoms with Crippen LogP contribution in [-0.4, -0.2) is 31.7 Å². The molecule has 1 fully saturated rings. The number of carbonyl (C=O) groups is 1. The molecule has 2 aromatic rings. The Morgan fingerprint density at radius 3 is 2.36 bits per heavy atom. The zero-order chi connectivity index (χ0) is 18.0. The summed E-state index contributed by atoms with van der Waals surface area (Å²) in [6, 6.07) is 6.14. The number of hydrogen-bond acceptors (Lipinski definition) is 4. The van der Waals surface area contributed by atoms with Gasteiger partial charge in [0.1, 0.15) is 9.77 Å². The molecule has 5 nitrogen and oxygen atoms in total. The van der Waals surface area contributed by atoms with Crippen molar-refractivity contribution >= 4 is 56.2 Å². The first kappa shape index (κ1) is 18.7. The molecule has 1 aromatic carbocycles. The predicted octanol–water partition coefficient (Wildman–Crippen LogP) is 4.48. The molecule has 0 bridgehead atoms. The fraction of sp³-hybridized carbons (Fsp3) is 0.312. The van der Waals surface area contributed by atoms with E-state index >= 15 is 0 Å². The minimum Gasteiger partial charge on any atom is -0.321 e. The van der Waals surface area contributed by atoms with Gasteiger partial charge in [-0.25, -0.2) is 8.42 Å². The number of nitrogens with zero attached hydrogens (tertiary/aromatic N) is 1. The van der Waals surface area contributed by atoms with Crippen LogP contribution in [0.25, 0.3) is 0 Å². The molecule has 1 aliphatic heterocycles. The number of sulfonamides is 1. The van der Waals surface area contributed by atoms with E-state index in [1.54, 1.807) is 23.6 Å².